The Hall–Kier alpha value is -1.68. The van der Waals surface area contributed by atoms with Crippen molar-refractivity contribution in [1.82, 2.24) is 4.98 Å². The summed E-state index contributed by atoms with van der Waals surface area (Å²) in [4.78, 5) is 4.44. The van der Waals surface area contributed by atoms with Crippen LogP contribution in [0.15, 0.2) is 18.2 Å². The maximum absolute atomic E-state index is 13.8. The lowest BCUT2D eigenvalue weighted by atomic mass is 10.1. The Balaban J connectivity index is 2.35. The zero-order chi connectivity index (χ0) is 12.0. The van der Waals surface area contributed by atoms with Crippen molar-refractivity contribution in [1.29, 1.82) is 0 Å². The van der Waals surface area contributed by atoms with Crippen LogP contribution >= 0.6 is 0 Å². The molecule has 88 valence electrons. The molecule has 0 saturated heterocycles. The quantitative estimate of drug-likeness (QED) is 0.617. The van der Waals surface area contributed by atoms with E-state index < -0.39 is 0 Å². The van der Waals surface area contributed by atoms with Crippen LogP contribution in [0.1, 0.15) is 30.0 Å². The fraction of sp³-hybridized carbons (Fsp3) is 0.308. The second kappa shape index (κ2) is 3.67. The number of anilines is 1. The number of rotatable bonds is 2. The maximum Gasteiger partial charge on any atom is 0.149 e. The number of fused-ring (bicyclic) bond motifs is 1. The van der Waals surface area contributed by atoms with Crippen LogP contribution in [0.2, 0.25) is 0 Å². The number of aromatic nitrogens is 1. The normalized spacial score (nSPS) is 15.2. The topological polar surface area (TPSA) is 50.9 Å². The Morgan fingerprint density at radius 3 is 2.82 bits per heavy atom. The molecule has 1 heterocycles. The molecule has 1 aliphatic carbocycles. The van der Waals surface area contributed by atoms with Gasteiger partial charge in [0, 0.05) is 17.0 Å². The molecule has 0 atom stereocenters. The lowest BCUT2D eigenvalue weighted by Gasteiger charge is -2.11. The number of nitrogens with zero attached hydrogens (tertiary/aromatic N) is 1. The number of benzene rings is 1. The van der Waals surface area contributed by atoms with E-state index in [1.807, 2.05) is 13.0 Å². The van der Waals surface area contributed by atoms with Crippen molar-refractivity contribution >= 4 is 16.6 Å². The predicted molar refractivity (Wildman–Crippen MR) is 66.2 cm³/mol. The molecule has 1 aromatic carbocycles. The number of nitrogens with two attached hydrogens (primary N) is 1. The Labute approximate surface area is 98.8 Å². The summed E-state index contributed by atoms with van der Waals surface area (Å²) in [7, 11) is 0. The highest BCUT2D eigenvalue weighted by molar-refractivity contribution is 5.94. The van der Waals surface area contributed by atoms with E-state index in [9.17, 15) is 4.39 Å². The molecule has 0 unspecified atom stereocenters. The van der Waals surface area contributed by atoms with Gasteiger partial charge in [-0.15, -0.1) is 0 Å². The summed E-state index contributed by atoms with van der Waals surface area (Å²) >= 11 is 0. The molecule has 0 bridgehead atoms. The van der Waals surface area contributed by atoms with E-state index in [2.05, 4.69) is 10.4 Å². The van der Waals surface area contributed by atoms with Gasteiger partial charge < -0.3 is 5.43 Å². The summed E-state index contributed by atoms with van der Waals surface area (Å²) in [6.45, 7) is 1.93. The van der Waals surface area contributed by atoms with Gasteiger partial charge in [-0.05, 0) is 37.5 Å². The molecular formula is C13H14FN3. The van der Waals surface area contributed by atoms with Crippen LogP contribution in [0.3, 0.4) is 0 Å². The third-order valence-electron chi connectivity index (χ3n) is 3.29. The lowest BCUT2D eigenvalue weighted by molar-refractivity contribution is 0.636. The Morgan fingerprint density at radius 1 is 1.41 bits per heavy atom. The number of hydrazine groups is 1. The largest absolute Gasteiger partial charge is 0.323 e. The first-order valence-corrected chi connectivity index (χ1v) is 5.77. The molecule has 0 amide bonds. The van der Waals surface area contributed by atoms with E-state index in [0.29, 0.717) is 11.4 Å². The van der Waals surface area contributed by atoms with Gasteiger partial charge in [0.1, 0.15) is 11.3 Å². The number of halogens is 1. The third-order valence-corrected chi connectivity index (χ3v) is 3.29. The van der Waals surface area contributed by atoms with E-state index in [4.69, 9.17) is 5.84 Å². The highest BCUT2D eigenvalue weighted by Crippen LogP contribution is 2.41. The van der Waals surface area contributed by atoms with Gasteiger partial charge in [0.25, 0.3) is 0 Å². The minimum atomic E-state index is -0.287. The van der Waals surface area contributed by atoms with Gasteiger partial charge in [-0.1, -0.05) is 6.07 Å². The van der Waals surface area contributed by atoms with Gasteiger partial charge >= 0.3 is 0 Å². The molecule has 1 aliphatic rings. The summed E-state index contributed by atoms with van der Waals surface area (Å²) in [5.41, 5.74) is 5.75. The second-order valence-electron chi connectivity index (χ2n) is 4.60. The molecular weight excluding hydrogens is 217 g/mol. The second-order valence-corrected chi connectivity index (χ2v) is 4.60. The van der Waals surface area contributed by atoms with Gasteiger partial charge in [-0.2, -0.15) is 0 Å². The first kappa shape index (κ1) is 10.5. The van der Waals surface area contributed by atoms with Crippen LogP contribution < -0.4 is 11.3 Å². The van der Waals surface area contributed by atoms with Crippen LogP contribution in [-0.2, 0) is 0 Å². The van der Waals surface area contributed by atoms with Gasteiger partial charge in [0.2, 0.25) is 0 Å². The smallest absolute Gasteiger partial charge is 0.149 e. The molecule has 0 radical (unpaired) electrons. The standard InChI is InChI=1S/C13H14FN3/c1-7-2-5-9(14)13-12(7)11(17-15)6-10(16-13)8-3-4-8/h2,5-6,8H,3-4,15H2,1H3,(H,16,17). The molecule has 1 fully saturated rings. The Bertz CT molecular complexity index is 591. The van der Waals surface area contributed by atoms with Crippen molar-refractivity contribution in [3.8, 4) is 0 Å². The zero-order valence-electron chi connectivity index (χ0n) is 9.63. The van der Waals surface area contributed by atoms with Crippen molar-refractivity contribution in [2.75, 3.05) is 5.43 Å². The third kappa shape index (κ3) is 1.65. The van der Waals surface area contributed by atoms with Crippen LogP contribution in [0.25, 0.3) is 10.9 Å². The average molecular weight is 231 g/mol. The van der Waals surface area contributed by atoms with Crippen molar-refractivity contribution in [3.63, 3.8) is 0 Å². The SMILES string of the molecule is Cc1ccc(F)c2nc(C3CC3)cc(NN)c12. The van der Waals surface area contributed by atoms with E-state index in [1.54, 1.807) is 6.07 Å². The Kier molecular flexibility index (Phi) is 2.26. The van der Waals surface area contributed by atoms with Gasteiger partial charge in [-0.25, -0.2) is 9.37 Å². The van der Waals surface area contributed by atoms with Crippen molar-refractivity contribution in [3.05, 3.63) is 35.3 Å². The van der Waals surface area contributed by atoms with Gasteiger partial charge in [-0.3, -0.25) is 5.84 Å². The van der Waals surface area contributed by atoms with E-state index >= 15 is 0 Å². The molecule has 3 rings (SSSR count). The highest BCUT2D eigenvalue weighted by Gasteiger charge is 2.26. The first-order valence-electron chi connectivity index (χ1n) is 5.77. The number of pyridine rings is 1. The van der Waals surface area contributed by atoms with Crippen molar-refractivity contribution < 1.29 is 4.39 Å². The summed E-state index contributed by atoms with van der Waals surface area (Å²) in [5.74, 6) is 5.71. The van der Waals surface area contributed by atoms with Crippen molar-refractivity contribution in [2.45, 2.75) is 25.7 Å². The number of hydrogen-bond donors (Lipinski definition) is 2. The molecule has 4 heteroatoms. The molecule has 1 aromatic heterocycles. The minimum absolute atomic E-state index is 0.287. The monoisotopic (exact) mass is 231 g/mol. The Morgan fingerprint density at radius 2 is 2.18 bits per heavy atom. The highest BCUT2D eigenvalue weighted by atomic mass is 19.1. The van der Waals surface area contributed by atoms with Crippen LogP contribution in [0.5, 0.6) is 0 Å². The molecule has 0 spiro atoms. The molecule has 3 nitrogen and oxygen atoms in total. The summed E-state index contributed by atoms with van der Waals surface area (Å²) < 4.78 is 13.8. The van der Waals surface area contributed by atoms with Crippen LogP contribution in [0.4, 0.5) is 10.1 Å². The number of aryl methyl sites for hydroxylation is 1. The fourth-order valence-corrected chi connectivity index (χ4v) is 2.20. The zero-order valence-corrected chi connectivity index (χ0v) is 9.63. The number of hydrogen-bond acceptors (Lipinski definition) is 3. The van der Waals surface area contributed by atoms with E-state index in [0.717, 1.165) is 35.2 Å². The van der Waals surface area contributed by atoms with Crippen LogP contribution in [0, 0.1) is 12.7 Å². The first-order chi connectivity index (χ1) is 8.20. The number of nitrogen functional groups attached to an aromatic ring is 1. The maximum atomic E-state index is 13.8. The summed E-state index contributed by atoms with van der Waals surface area (Å²) in [6.07, 6.45) is 2.27. The minimum Gasteiger partial charge on any atom is -0.323 e. The molecule has 1 saturated carbocycles. The van der Waals surface area contributed by atoms with Gasteiger partial charge in [0.15, 0.2) is 0 Å². The summed E-state index contributed by atoms with van der Waals surface area (Å²) in [5, 5.41) is 0.775. The number of nitrogens with one attached hydrogen (secondary N) is 1. The van der Waals surface area contributed by atoms with Crippen LogP contribution in [-0.4, -0.2) is 4.98 Å². The lowest BCUT2D eigenvalue weighted by Crippen LogP contribution is -2.09. The average Bonchev–Trinajstić information content (AvgIpc) is 3.16. The van der Waals surface area contributed by atoms with Crippen molar-refractivity contribution in [2.24, 2.45) is 5.84 Å². The molecule has 2 aromatic rings. The summed E-state index contributed by atoms with van der Waals surface area (Å²) in [6, 6.07) is 5.14. The van der Waals surface area contributed by atoms with Gasteiger partial charge in [0.05, 0.1) is 5.69 Å². The molecule has 3 N–H and O–H groups in total. The predicted octanol–water partition coefficient (Wildman–Crippen LogP) is 2.85. The fourth-order valence-electron chi connectivity index (χ4n) is 2.20. The van der Waals surface area contributed by atoms with E-state index in [1.165, 1.54) is 6.07 Å². The van der Waals surface area contributed by atoms with E-state index in [-0.39, 0.29) is 5.82 Å². The molecule has 0 aliphatic heterocycles. The molecule has 17 heavy (non-hydrogen) atoms.